The van der Waals surface area contributed by atoms with Crippen LogP contribution in [0.15, 0.2) is 21.9 Å². The van der Waals surface area contributed by atoms with Crippen molar-refractivity contribution in [3.05, 3.63) is 17.2 Å². The van der Waals surface area contributed by atoms with E-state index in [2.05, 4.69) is 0 Å². The van der Waals surface area contributed by atoms with Crippen molar-refractivity contribution in [1.82, 2.24) is 0 Å². The monoisotopic (exact) mass is 313 g/mol. The van der Waals surface area contributed by atoms with Crippen molar-refractivity contribution in [3.8, 4) is 0 Å². The Balaban J connectivity index is 3.72. The maximum absolute atomic E-state index is 11.3. The zero-order chi connectivity index (χ0) is 14.1. The van der Waals surface area contributed by atoms with Crippen molar-refractivity contribution in [2.45, 2.75) is 9.79 Å². The average Bonchev–Trinajstić information content (AvgIpc) is 2.13. The molecule has 0 spiro atoms. The highest BCUT2D eigenvalue weighted by Gasteiger charge is 2.22. The standard InChI is InChI=1S/C7H8ClN3O5S2/c8-4-1-5(11-3-12)7(18(10,15)16)2-6(4)17(9,13)14/h1-3H,(H,11,12)(H2,9,13,14)(H2,10,15,16). The first-order valence-corrected chi connectivity index (χ1v) is 7.63. The first-order chi connectivity index (χ1) is 8.07. The molecular formula is C7H8ClN3O5S2. The van der Waals surface area contributed by atoms with Crippen molar-refractivity contribution in [2.75, 3.05) is 5.32 Å². The van der Waals surface area contributed by atoms with Gasteiger partial charge >= 0.3 is 0 Å². The molecule has 0 unspecified atom stereocenters. The number of anilines is 1. The number of primary sulfonamides is 2. The number of sulfonamides is 2. The van der Waals surface area contributed by atoms with Crippen LogP contribution in [0.2, 0.25) is 5.02 Å². The fourth-order valence-electron chi connectivity index (χ4n) is 1.16. The van der Waals surface area contributed by atoms with Crippen LogP contribution in [0.1, 0.15) is 0 Å². The minimum atomic E-state index is -4.26. The van der Waals surface area contributed by atoms with Gasteiger partial charge in [-0.25, -0.2) is 27.1 Å². The van der Waals surface area contributed by atoms with E-state index in [4.69, 9.17) is 21.9 Å². The Morgan fingerprint density at radius 3 is 1.94 bits per heavy atom. The van der Waals surface area contributed by atoms with Gasteiger partial charge in [0.15, 0.2) is 0 Å². The Morgan fingerprint density at radius 1 is 1.06 bits per heavy atom. The van der Waals surface area contributed by atoms with Gasteiger partial charge < -0.3 is 5.32 Å². The van der Waals surface area contributed by atoms with Crippen LogP contribution in [-0.4, -0.2) is 23.2 Å². The number of amides is 1. The summed E-state index contributed by atoms with van der Waals surface area (Å²) in [6, 6.07) is 1.61. The molecule has 18 heavy (non-hydrogen) atoms. The molecule has 0 atom stereocenters. The number of carbonyl (C=O) groups excluding carboxylic acids is 1. The van der Waals surface area contributed by atoms with Crippen LogP contribution in [0, 0.1) is 0 Å². The molecule has 5 N–H and O–H groups in total. The van der Waals surface area contributed by atoms with Crippen molar-refractivity contribution >= 4 is 43.7 Å². The Morgan fingerprint density at radius 2 is 1.56 bits per heavy atom. The highest BCUT2D eigenvalue weighted by atomic mass is 35.5. The SMILES string of the molecule is NS(=O)(=O)c1cc(S(N)(=O)=O)c(NC=O)cc1Cl. The fraction of sp³-hybridized carbons (Fsp3) is 0. The summed E-state index contributed by atoms with van der Waals surface area (Å²) < 4.78 is 44.9. The van der Waals surface area contributed by atoms with Crippen LogP contribution >= 0.6 is 11.6 Å². The molecule has 0 fully saturated rings. The molecule has 0 saturated heterocycles. The van der Waals surface area contributed by atoms with E-state index in [1.165, 1.54) is 0 Å². The van der Waals surface area contributed by atoms with Crippen molar-refractivity contribution in [2.24, 2.45) is 10.3 Å². The van der Waals surface area contributed by atoms with E-state index in [1.54, 1.807) is 0 Å². The molecule has 11 heteroatoms. The van der Waals surface area contributed by atoms with Gasteiger partial charge in [0, 0.05) is 0 Å². The van der Waals surface area contributed by atoms with Gasteiger partial charge in [-0.1, -0.05) is 11.6 Å². The molecule has 0 aliphatic heterocycles. The maximum Gasteiger partial charge on any atom is 0.240 e. The summed E-state index contributed by atoms with van der Waals surface area (Å²) in [6.45, 7) is 0. The van der Waals surface area contributed by atoms with Crippen LogP contribution in [0.3, 0.4) is 0 Å². The van der Waals surface area contributed by atoms with E-state index in [9.17, 15) is 21.6 Å². The summed E-state index contributed by atoms with van der Waals surface area (Å²) in [7, 11) is -8.47. The second-order valence-corrected chi connectivity index (χ2v) is 6.60. The number of halogens is 1. The summed E-state index contributed by atoms with van der Waals surface area (Å²) in [5.41, 5.74) is -0.245. The fourth-order valence-corrected chi connectivity index (χ4v) is 3.04. The lowest BCUT2D eigenvalue weighted by molar-refractivity contribution is -0.105. The molecule has 0 radical (unpaired) electrons. The van der Waals surface area contributed by atoms with Crippen molar-refractivity contribution in [1.29, 1.82) is 0 Å². The number of carbonyl (C=O) groups is 1. The molecule has 0 saturated carbocycles. The predicted molar refractivity (Wildman–Crippen MR) is 63.9 cm³/mol. The average molecular weight is 314 g/mol. The highest BCUT2D eigenvalue weighted by molar-refractivity contribution is 7.90. The molecular weight excluding hydrogens is 306 g/mol. The third-order valence-corrected chi connectivity index (χ3v) is 4.19. The highest BCUT2D eigenvalue weighted by Crippen LogP contribution is 2.30. The minimum Gasteiger partial charge on any atom is -0.327 e. The lowest BCUT2D eigenvalue weighted by Crippen LogP contribution is -2.18. The number of nitrogens with two attached hydrogens (primary N) is 2. The maximum atomic E-state index is 11.3. The van der Waals surface area contributed by atoms with Gasteiger partial charge in [-0.15, -0.1) is 0 Å². The summed E-state index contributed by atoms with van der Waals surface area (Å²) >= 11 is 5.62. The van der Waals surface area contributed by atoms with Gasteiger partial charge in [0.05, 0.1) is 10.7 Å². The molecule has 100 valence electrons. The molecule has 0 aliphatic carbocycles. The summed E-state index contributed by atoms with van der Waals surface area (Å²) in [5, 5.41) is 11.4. The van der Waals surface area contributed by atoms with Crippen LogP contribution in [0.5, 0.6) is 0 Å². The van der Waals surface area contributed by atoms with Crippen molar-refractivity contribution in [3.63, 3.8) is 0 Å². The van der Waals surface area contributed by atoms with E-state index in [-0.39, 0.29) is 17.1 Å². The number of rotatable bonds is 4. The Hall–Kier alpha value is -1.20. The normalized spacial score (nSPS) is 12.2. The Labute approximate surface area is 108 Å². The lowest BCUT2D eigenvalue weighted by atomic mass is 10.3. The topological polar surface area (TPSA) is 149 Å². The predicted octanol–water partition coefficient (Wildman–Crippen LogP) is -0.797. The molecule has 0 aliphatic rings. The van der Waals surface area contributed by atoms with Crippen LogP contribution in [-0.2, 0) is 24.8 Å². The van der Waals surface area contributed by atoms with Crippen LogP contribution in [0.25, 0.3) is 0 Å². The van der Waals surface area contributed by atoms with Gasteiger partial charge in [-0.2, -0.15) is 0 Å². The van der Waals surface area contributed by atoms with Crippen LogP contribution in [0.4, 0.5) is 5.69 Å². The number of nitrogens with one attached hydrogen (secondary N) is 1. The van der Waals surface area contributed by atoms with E-state index in [1.807, 2.05) is 5.32 Å². The molecule has 0 bridgehead atoms. The summed E-state index contributed by atoms with van der Waals surface area (Å²) in [4.78, 5) is 9.10. The third kappa shape index (κ3) is 3.17. The largest absolute Gasteiger partial charge is 0.327 e. The van der Waals surface area contributed by atoms with Crippen LogP contribution < -0.4 is 15.6 Å². The first kappa shape index (κ1) is 14.9. The second kappa shape index (κ2) is 4.82. The Bertz CT molecular complexity index is 698. The Kier molecular flexibility index (Phi) is 3.98. The van der Waals surface area contributed by atoms with Gasteiger partial charge in [0.2, 0.25) is 26.5 Å². The molecule has 8 nitrogen and oxygen atoms in total. The molecule has 1 aromatic rings. The molecule has 1 aromatic carbocycles. The third-order valence-electron chi connectivity index (χ3n) is 1.86. The van der Waals surface area contributed by atoms with Gasteiger partial charge in [-0.05, 0) is 12.1 Å². The number of hydrogen-bond donors (Lipinski definition) is 3. The van der Waals surface area contributed by atoms with E-state index < -0.39 is 29.8 Å². The van der Waals surface area contributed by atoms with Gasteiger partial charge in [0.1, 0.15) is 9.79 Å². The number of hydrogen-bond acceptors (Lipinski definition) is 5. The summed E-state index contributed by atoms with van der Waals surface area (Å²) in [5.74, 6) is 0. The lowest BCUT2D eigenvalue weighted by Gasteiger charge is -2.10. The molecule has 1 rings (SSSR count). The zero-order valence-electron chi connectivity index (χ0n) is 8.62. The smallest absolute Gasteiger partial charge is 0.240 e. The second-order valence-electron chi connectivity index (χ2n) is 3.13. The quantitative estimate of drug-likeness (QED) is 0.622. The first-order valence-electron chi connectivity index (χ1n) is 4.16. The van der Waals surface area contributed by atoms with E-state index in [0.717, 1.165) is 6.07 Å². The molecule has 0 heterocycles. The van der Waals surface area contributed by atoms with E-state index >= 15 is 0 Å². The minimum absolute atomic E-state index is 0.191. The molecule has 0 aromatic heterocycles. The van der Waals surface area contributed by atoms with Gasteiger partial charge in [0.25, 0.3) is 0 Å². The summed E-state index contributed by atoms with van der Waals surface area (Å²) in [6.07, 6.45) is 0.191. The number of benzene rings is 1. The molecule has 1 amide bonds. The zero-order valence-corrected chi connectivity index (χ0v) is 11.0. The van der Waals surface area contributed by atoms with Gasteiger partial charge in [-0.3, -0.25) is 4.79 Å². The van der Waals surface area contributed by atoms with E-state index in [0.29, 0.717) is 6.07 Å². The van der Waals surface area contributed by atoms with Crippen molar-refractivity contribution < 1.29 is 21.6 Å².